The van der Waals surface area contributed by atoms with Crippen LogP contribution in [-0.2, 0) is 19.3 Å². The van der Waals surface area contributed by atoms with Gasteiger partial charge in [-0.3, -0.25) is 0 Å². The van der Waals surface area contributed by atoms with Gasteiger partial charge in [-0.05, 0) is 66.5 Å². The van der Waals surface area contributed by atoms with E-state index in [-0.39, 0.29) is 22.6 Å². The zero-order chi connectivity index (χ0) is 21.6. The number of benzene rings is 2. The van der Waals surface area contributed by atoms with Crippen molar-refractivity contribution in [3.8, 4) is 11.5 Å². The second-order valence-electron chi connectivity index (χ2n) is 7.30. The molecule has 6 heteroatoms. The van der Waals surface area contributed by atoms with Gasteiger partial charge in [0.1, 0.15) is 22.6 Å². The van der Waals surface area contributed by atoms with Crippen LogP contribution in [0, 0.1) is 0 Å². The maximum absolute atomic E-state index is 11.5. The molecule has 156 valence electrons. The molecule has 0 saturated heterocycles. The van der Waals surface area contributed by atoms with Gasteiger partial charge >= 0.3 is 11.9 Å². The first kappa shape index (κ1) is 22.3. The fourth-order valence-corrected chi connectivity index (χ4v) is 3.40. The first-order chi connectivity index (χ1) is 13.8. The number of unbranched alkanes of at least 4 members (excludes halogenated alkanes) is 2. The fraction of sp³-hybridized carbons (Fsp3) is 0.391. The largest absolute Gasteiger partial charge is 0.507 e. The Labute approximate surface area is 170 Å². The van der Waals surface area contributed by atoms with Crippen molar-refractivity contribution in [2.45, 2.75) is 58.8 Å². The molecule has 0 heterocycles. The van der Waals surface area contributed by atoms with Crippen molar-refractivity contribution in [2.24, 2.45) is 0 Å². The van der Waals surface area contributed by atoms with Crippen molar-refractivity contribution >= 4 is 11.9 Å². The maximum Gasteiger partial charge on any atom is 0.339 e. The van der Waals surface area contributed by atoms with Gasteiger partial charge in [0.15, 0.2) is 0 Å². The van der Waals surface area contributed by atoms with Crippen LogP contribution in [0.2, 0.25) is 0 Å². The van der Waals surface area contributed by atoms with Crippen LogP contribution in [0.1, 0.15) is 82.5 Å². The highest BCUT2D eigenvalue weighted by molar-refractivity contribution is 5.92. The Morgan fingerprint density at radius 1 is 0.724 bits per heavy atom. The first-order valence-electron chi connectivity index (χ1n) is 9.94. The summed E-state index contributed by atoms with van der Waals surface area (Å²) >= 11 is 0. The van der Waals surface area contributed by atoms with Crippen LogP contribution in [0.25, 0.3) is 0 Å². The lowest BCUT2D eigenvalue weighted by Gasteiger charge is -2.14. The van der Waals surface area contributed by atoms with E-state index < -0.39 is 11.9 Å². The van der Waals surface area contributed by atoms with Gasteiger partial charge in [0, 0.05) is 0 Å². The molecule has 0 spiro atoms. The Bertz CT molecular complexity index is 827. The highest BCUT2D eigenvalue weighted by atomic mass is 16.4. The van der Waals surface area contributed by atoms with E-state index in [9.17, 15) is 30.0 Å². The lowest BCUT2D eigenvalue weighted by Crippen LogP contribution is -2.05. The third-order valence-electron chi connectivity index (χ3n) is 4.97. The van der Waals surface area contributed by atoms with Crippen molar-refractivity contribution < 1.29 is 30.0 Å². The van der Waals surface area contributed by atoms with Gasteiger partial charge in [-0.15, -0.1) is 0 Å². The van der Waals surface area contributed by atoms with Crippen molar-refractivity contribution in [1.82, 2.24) is 0 Å². The van der Waals surface area contributed by atoms with Crippen LogP contribution in [0.15, 0.2) is 24.3 Å². The summed E-state index contributed by atoms with van der Waals surface area (Å²) in [6.07, 6.45) is 4.89. The van der Waals surface area contributed by atoms with Gasteiger partial charge < -0.3 is 20.4 Å². The quantitative estimate of drug-likeness (QED) is 0.457. The molecular formula is C23H28O6. The monoisotopic (exact) mass is 400 g/mol. The third-order valence-corrected chi connectivity index (χ3v) is 4.97. The zero-order valence-corrected chi connectivity index (χ0v) is 16.9. The predicted octanol–water partition coefficient (Wildman–Crippen LogP) is 4.77. The van der Waals surface area contributed by atoms with Crippen LogP contribution >= 0.6 is 0 Å². The van der Waals surface area contributed by atoms with Gasteiger partial charge in [-0.25, -0.2) is 9.59 Å². The summed E-state index contributed by atoms with van der Waals surface area (Å²) in [5, 5.41) is 39.4. The Hall–Kier alpha value is -3.02. The number of phenols is 2. The molecule has 4 N–H and O–H groups in total. The molecule has 2 aromatic rings. The van der Waals surface area contributed by atoms with E-state index in [4.69, 9.17) is 0 Å². The molecule has 29 heavy (non-hydrogen) atoms. The number of carbonyl (C=O) groups is 2. The number of hydrogen-bond acceptors (Lipinski definition) is 4. The summed E-state index contributed by atoms with van der Waals surface area (Å²) < 4.78 is 0. The Kier molecular flexibility index (Phi) is 7.65. The number of aromatic carboxylic acids is 2. The van der Waals surface area contributed by atoms with E-state index in [1.165, 1.54) is 12.1 Å². The first-order valence-corrected chi connectivity index (χ1v) is 9.94. The topological polar surface area (TPSA) is 115 Å². The highest BCUT2D eigenvalue weighted by Crippen LogP contribution is 2.30. The number of rotatable bonds is 10. The van der Waals surface area contributed by atoms with Crippen molar-refractivity contribution in [1.29, 1.82) is 0 Å². The molecule has 6 nitrogen and oxygen atoms in total. The minimum Gasteiger partial charge on any atom is -0.507 e. The second-order valence-corrected chi connectivity index (χ2v) is 7.30. The van der Waals surface area contributed by atoms with E-state index in [1.54, 1.807) is 12.1 Å². The van der Waals surface area contributed by atoms with E-state index in [1.807, 2.05) is 13.8 Å². The second kappa shape index (κ2) is 9.96. The molecule has 0 radical (unpaired) electrons. The summed E-state index contributed by atoms with van der Waals surface area (Å²) in [7, 11) is 0. The van der Waals surface area contributed by atoms with Gasteiger partial charge in [0.2, 0.25) is 0 Å². The summed E-state index contributed by atoms with van der Waals surface area (Å²) in [6.45, 7) is 4.03. The Balaban J connectivity index is 2.49. The number of carboxylic acid groups (broad SMARTS) is 2. The van der Waals surface area contributed by atoms with Crippen molar-refractivity contribution in [3.05, 3.63) is 57.6 Å². The van der Waals surface area contributed by atoms with E-state index in [2.05, 4.69) is 0 Å². The minimum atomic E-state index is -1.21. The summed E-state index contributed by atoms with van der Waals surface area (Å²) in [4.78, 5) is 23.1. The minimum absolute atomic E-state index is 0.156. The van der Waals surface area contributed by atoms with Crippen molar-refractivity contribution in [2.75, 3.05) is 0 Å². The number of aromatic hydroxyl groups is 2. The maximum atomic E-state index is 11.5. The zero-order valence-electron chi connectivity index (χ0n) is 16.9. The molecule has 0 aromatic heterocycles. The average molecular weight is 400 g/mol. The fourth-order valence-electron chi connectivity index (χ4n) is 3.40. The van der Waals surface area contributed by atoms with E-state index in [0.29, 0.717) is 41.5 Å². The molecule has 2 aromatic carbocycles. The highest BCUT2D eigenvalue weighted by Gasteiger charge is 2.18. The number of aryl methyl sites for hydroxylation is 2. The molecule has 0 saturated carbocycles. The van der Waals surface area contributed by atoms with Crippen LogP contribution in [0.5, 0.6) is 11.5 Å². The summed E-state index contributed by atoms with van der Waals surface area (Å²) in [6, 6.07) is 6.39. The van der Waals surface area contributed by atoms with E-state index >= 15 is 0 Å². The van der Waals surface area contributed by atoms with Gasteiger partial charge in [-0.1, -0.05) is 38.8 Å². The standard InChI is InChI=1S/C23H28O6/c1-3-5-7-16-10-14(12-18(20(16)24)22(26)27)9-15-11-17(8-6-4-2)21(25)19(13-15)23(28)29/h10-13,24-25H,3-9H2,1-2H3,(H,26,27)(H,28,29). The van der Waals surface area contributed by atoms with Gasteiger partial charge in [0.25, 0.3) is 0 Å². The lowest BCUT2D eigenvalue weighted by molar-refractivity contribution is 0.0682. The molecule has 0 atom stereocenters. The van der Waals surface area contributed by atoms with E-state index in [0.717, 1.165) is 25.7 Å². The Morgan fingerprint density at radius 2 is 1.10 bits per heavy atom. The van der Waals surface area contributed by atoms with Crippen molar-refractivity contribution in [3.63, 3.8) is 0 Å². The smallest absolute Gasteiger partial charge is 0.339 e. The molecule has 0 aliphatic carbocycles. The number of hydrogen-bond donors (Lipinski definition) is 4. The third kappa shape index (κ3) is 5.50. The van der Waals surface area contributed by atoms with Crippen LogP contribution in [0.4, 0.5) is 0 Å². The van der Waals surface area contributed by atoms with Crippen LogP contribution in [0.3, 0.4) is 0 Å². The number of carboxylic acids is 2. The molecule has 0 aliphatic rings. The molecule has 0 amide bonds. The molecule has 2 rings (SSSR count). The lowest BCUT2D eigenvalue weighted by atomic mass is 9.93. The SMILES string of the molecule is CCCCc1cc(Cc2cc(CCCC)c(O)c(C(=O)O)c2)cc(C(=O)O)c1O. The molecule has 0 unspecified atom stereocenters. The van der Waals surface area contributed by atoms with Crippen LogP contribution in [-0.4, -0.2) is 32.4 Å². The molecule has 0 bridgehead atoms. The summed E-state index contributed by atoms with van der Waals surface area (Å²) in [5.74, 6) is -2.84. The van der Waals surface area contributed by atoms with Gasteiger partial charge in [0.05, 0.1) is 0 Å². The predicted molar refractivity (Wildman–Crippen MR) is 110 cm³/mol. The average Bonchev–Trinajstić information content (AvgIpc) is 2.67. The van der Waals surface area contributed by atoms with Gasteiger partial charge in [-0.2, -0.15) is 0 Å². The molecule has 0 aliphatic heterocycles. The Morgan fingerprint density at radius 3 is 1.41 bits per heavy atom. The van der Waals surface area contributed by atoms with Crippen LogP contribution < -0.4 is 0 Å². The molecular weight excluding hydrogens is 372 g/mol. The molecule has 0 fully saturated rings. The summed E-state index contributed by atoms with van der Waals surface area (Å²) in [5.41, 5.74) is 2.19. The normalized spacial score (nSPS) is 10.8.